The second-order valence-corrected chi connectivity index (χ2v) is 9.06. The molecule has 1 aromatic heterocycles. The predicted molar refractivity (Wildman–Crippen MR) is 115 cm³/mol. The van der Waals surface area contributed by atoms with Gasteiger partial charge in [0, 0.05) is 27.9 Å². The summed E-state index contributed by atoms with van der Waals surface area (Å²) >= 11 is 2.09. The number of nitrogens with one attached hydrogen (secondary N) is 1. The third-order valence-corrected chi connectivity index (χ3v) is 6.22. The molecule has 0 spiro atoms. The first-order valence-corrected chi connectivity index (χ1v) is 10.9. The van der Waals surface area contributed by atoms with Crippen LogP contribution in [0.5, 0.6) is 11.5 Å². The van der Waals surface area contributed by atoms with Gasteiger partial charge < -0.3 is 9.47 Å². The number of ether oxygens (including phenoxy) is 2. The van der Waals surface area contributed by atoms with E-state index in [9.17, 15) is 8.42 Å². The first-order valence-electron chi connectivity index (χ1n) is 8.36. The molecule has 0 bridgehead atoms. The molecule has 0 aliphatic carbocycles. The van der Waals surface area contributed by atoms with Crippen molar-refractivity contribution in [2.24, 2.45) is 0 Å². The van der Waals surface area contributed by atoms with Crippen LogP contribution in [0.15, 0.2) is 53.7 Å². The van der Waals surface area contributed by atoms with E-state index in [1.807, 2.05) is 13.0 Å². The Morgan fingerprint density at radius 3 is 2.57 bits per heavy atom. The number of hydrogen-bond donors (Lipinski definition) is 1. The summed E-state index contributed by atoms with van der Waals surface area (Å²) in [7, 11) is -0.699. The zero-order valence-corrected chi connectivity index (χ0v) is 18.6. The van der Waals surface area contributed by atoms with Crippen LogP contribution in [-0.2, 0) is 16.6 Å². The number of aromatic nitrogens is 2. The summed E-state index contributed by atoms with van der Waals surface area (Å²) in [6, 6.07) is 10.5. The van der Waals surface area contributed by atoms with Crippen LogP contribution in [0.1, 0.15) is 11.1 Å². The van der Waals surface area contributed by atoms with Gasteiger partial charge in [0.1, 0.15) is 16.4 Å². The number of aryl methyl sites for hydroxylation is 1. The second kappa shape index (κ2) is 8.50. The van der Waals surface area contributed by atoms with Crippen LogP contribution in [0.2, 0.25) is 0 Å². The zero-order chi connectivity index (χ0) is 20.3. The van der Waals surface area contributed by atoms with E-state index in [1.54, 1.807) is 54.5 Å². The van der Waals surface area contributed by atoms with Gasteiger partial charge in [0.25, 0.3) is 0 Å². The molecule has 0 aliphatic rings. The third kappa shape index (κ3) is 4.47. The fraction of sp³-hybridized carbons (Fsp3) is 0.211. The molecule has 1 N–H and O–H groups in total. The highest BCUT2D eigenvalue weighted by molar-refractivity contribution is 14.1. The van der Waals surface area contributed by atoms with Crippen molar-refractivity contribution in [1.29, 1.82) is 0 Å². The smallest absolute Gasteiger partial charge is 0.243 e. The van der Waals surface area contributed by atoms with Gasteiger partial charge in [0.05, 0.1) is 26.1 Å². The first-order chi connectivity index (χ1) is 13.3. The Labute approximate surface area is 177 Å². The van der Waals surface area contributed by atoms with E-state index in [1.165, 1.54) is 7.11 Å². The lowest BCUT2D eigenvalue weighted by Gasteiger charge is -2.14. The molecule has 0 amide bonds. The summed E-state index contributed by atoms with van der Waals surface area (Å²) in [4.78, 5) is 0.162. The minimum absolute atomic E-state index is 0.0819. The van der Waals surface area contributed by atoms with E-state index in [-0.39, 0.29) is 11.4 Å². The molecule has 0 fully saturated rings. The highest BCUT2D eigenvalue weighted by Gasteiger charge is 2.21. The minimum Gasteiger partial charge on any atom is -0.497 e. The molecular formula is C19H20IN3O4S. The van der Waals surface area contributed by atoms with Gasteiger partial charge in [-0.05, 0) is 59.3 Å². The molecule has 0 saturated heterocycles. The van der Waals surface area contributed by atoms with Crippen LogP contribution in [0.4, 0.5) is 0 Å². The Morgan fingerprint density at radius 2 is 1.93 bits per heavy atom. The van der Waals surface area contributed by atoms with Gasteiger partial charge in [-0.2, -0.15) is 5.10 Å². The number of methoxy groups -OCH3 is 2. The third-order valence-electron chi connectivity index (χ3n) is 4.12. The number of nitrogens with zero attached hydrogens (tertiary/aromatic N) is 2. The van der Waals surface area contributed by atoms with Gasteiger partial charge in [-0.1, -0.05) is 6.07 Å². The van der Waals surface area contributed by atoms with Crippen molar-refractivity contribution in [3.05, 3.63) is 63.5 Å². The van der Waals surface area contributed by atoms with Gasteiger partial charge in [0.15, 0.2) is 0 Å². The molecule has 3 aromatic rings. The fourth-order valence-corrected chi connectivity index (χ4v) is 4.61. The maximum atomic E-state index is 13.1. The lowest BCUT2D eigenvalue weighted by atomic mass is 10.2. The van der Waals surface area contributed by atoms with Crippen molar-refractivity contribution < 1.29 is 17.9 Å². The van der Waals surface area contributed by atoms with Crippen molar-refractivity contribution in [2.75, 3.05) is 14.2 Å². The second-order valence-electron chi connectivity index (χ2n) is 6.08. The topological polar surface area (TPSA) is 82.5 Å². The van der Waals surface area contributed by atoms with Crippen LogP contribution >= 0.6 is 22.6 Å². The van der Waals surface area contributed by atoms with E-state index in [4.69, 9.17) is 9.47 Å². The number of sulfonamides is 1. The largest absolute Gasteiger partial charge is 0.497 e. The monoisotopic (exact) mass is 513 g/mol. The maximum absolute atomic E-state index is 13.1. The average molecular weight is 513 g/mol. The van der Waals surface area contributed by atoms with Crippen molar-refractivity contribution >= 4 is 32.6 Å². The van der Waals surface area contributed by atoms with E-state index >= 15 is 0 Å². The Balaban J connectivity index is 1.93. The van der Waals surface area contributed by atoms with E-state index in [0.717, 1.165) is 9.13 Å². The van der Waals surface area contributed by atoms with Crippen molar-refractivity contribution in [2.45, 2.75) is 18.4 Å². The molecule has 2 aromatic carbocycles. The zero-order valence-electron chi connectivity index (χ0n) is 15.6. The summed E-state index contributed by atoms with van der Waals surface area (Å²) < 4.78 is 41.7. The summed E-state index contributed by atoms with van der Waals surface area (Å²) in [6.07, 6.45) is 3.47. The van der Waals surface area contributed by atoms with Gasteiger partial charge in [-0.15, -0.1) is 0 Å². The number of benzene rings is 2. The van der Waals surface area contributed by atoms with Gasteiger partial charge in [-0.25, -0.2) is 17.8 Å². The summed E-state index contributed by atoms with van der Waals surface area (Å²) in [5.74, 6) is 1.19. The molecule has 0 aliphatic heterocycles. The molecule has 148 valence electrons. The van der Waals surface area contributed by atoms with E-state index < -0.39 is 10.0 Å². The minimum atomic E-state index is -3.79. The van der Waals surface area contributed by atoms with Gasteiger partial charge in [0.2, 0.25) is 10.0 Å². The Kier molecular flexibility index (Phi) is 6.26. The molecule has 7 nitrogen and oxygen atoms in total. The molecule has 0 atom stereocenters. The van der Waals surface area contributed by atoms with Crippen molar-refractivity contribution in [3.8, 4) is 17.2 Å². The standard InChI is InChI=1S/C19H20IN3O4S/c1-13-10-21-23(12-13)17-7-5-15(20)8-19(17)28(24,25)22-11-14-4-6-16(26-2)9-18(14)27-3/h4-10,12,22H,11H2,1-3H3. The van der Waals surface area contributed by atoms with Crippen LogP contribution in [-0.4, -0.2) is 32.4 Å². The number of hydrogen-bond acceptors (Lipinski definition) is 5. The molecule has 0 unspecified atom stereocenters. The molecule has 3 rings (SSSR count). The molecule has 0 saturated carbocycles. The fourth-order valence-electron chi connectivity index (χ4n) is 2.69. The molecular weight excluding hydrogens is 493 g/mol. The van der Waals surface area contributed by atoms with Crippen LogP contribution in [0.3, 0.4) is 0 Å². The Hall–Kier alpha value is -2.11. The lowest BCUT2D eigenvalue weighted by molar-refractivity contribution is 0.390. The van der Waals surface area contributed by atoms with Crippen LogP contribution in [0.25, 0.3) is 5.69 Å². The Morgan fingerprint density at radius 1 is 1.14 bits per heavy atom. The van der Waals surface area contributed by atoms with Gasteiger partial charge >= 0.3 is 0 Å². The lowest BCUT2D eigenvalue weighted by Crippen LogP contribution is -2.25. The van der Waals surface area contributed by atoms with Crippen LogP contribution in [0, 0.1) is 10.5 Å². The highest BCUT2D eigenvalue weighted by Crippen LogP contribution is 2.26. The SMILES string of the molecule is COc1ccc(CNS(=O)(=O)c2cc(I)ccc2-n2cc(C)cn2)c(OC)c1. The highest BCUT2D eigenvalue weighted by atomic mass is 127. The van der Waals surface area contributed by atoms with E-state index in [2.05, 4.69) is 32.4 Å². The maximum Gasteiger partial charge on any atom is 0.243 e. The molecule has 1 heterocycles. The summed E-state index contributed by atoms with van der Waals surface area (Å²) in [6.45, 7) is 1.98. The summed E-state index contributed by atoms with van der Waals surface area (Å²) in [5, 5.41) is 4.24. The average Bonchev–Trinajstić information content (AvgIpc) is 3.12. The van der Waals surface area contributed by atoms with Crippen molar-refractivity contribution in [1.82, 2.24) is 14.5 Å². The molecule has 0 radical (unpaired) electrons. The summed E-state index contributed by atoms with van der Waals surface area (Å²) in [5.41, 5.74) is 2.13. The van der Waals surface area contributed by atoms with Crippen LogP contribution < -0.4 is 14.2 Å². The predicted octanol–water partition coefficient (Wildman–Crippen LogP) is 3.28. The number of halogens is 1. The quantitative estimate of drug-likeness (QED) is 0.491. The van der Waals surface area contributed by atoms with E-state index in [0.29, 0.717) is 22.7 Å². The molecule has 9 heteroatoms. The molecule has 28 heavy (non-hydrogen) atoms. The number of rotatable bonds is 7. The Bertz CT molecular complexity index is 1100. The first kappa shape index (κ1) is 20.6. The van der Waals surface area contributed by atoms with Gasteiger partial charge in [-0.3, -0.25) is 0 Å². The normalized spacial score (nSPS) is 11.4. The van der Waals surface area contributed by atoms with Crippen molar-refractivity contribution in [3.63, 3.8) is 0 Å².